The van der Waals surface area contributed by atoms with Gasteiger partial charge in [0.05, 0.1) is 23.4 Å². The van der Waals surface area contributed by atoms with Crippen molar-refractivity contribution >= 4 is 11.7 Å². The van der Waals surface area contributed by atoms with Crippen LogP contribution in [0.3, 0.4) is 0 Å². The standard InChI is InChI=1S/C19H22F4N6O/c1-11(2)28-9-7-16(26-28)29(25)15-6-8-27(10-14(15)24)18(30)12-4-3-5-13(17(12)20)19(21,22)23/h3-5,7,9,11H,6,8,10,24-25H2,1-2H3. The van der Waals surface area contributed by atoms with Crippen LogP contribution in [0.2, 0.25) is 0 Å². The Morgan fingerprint density at radius 3 is 2.53 bits per heavy atom. The van der Waals surface area contributed by atoms with E-state index < -0.39 is 29.0 Å². The molecule has 1 aromatic heterocycles. The van der Waals surface area contributed by atoms with Gasteiger partial charge in [0.2, 0.25) is 0 Å². The van der Waals surface area contributed by atoms with Gasteiger partial charge in [-0.2, -0.15) is 18.3 Å². The van der Waals surface area contributed by atoms with Crippen molar-refractivity contribution < 1.29 is 22.4 Å². The Balaban J connectivity index is 1.80. The third kappa shape index (κ3) is 4.11. The van der Waals surface area contributed by atoms with E-state index in [0.717, 1.165) is 12.1 Å². The topological polar surface area (TPSA) is 93.4 Å². The molecule has 0 radical (unpaired) electrons. The van der Waals surface area contributed by atoms with E-state index in [-0.39, 0.29) is 31.2 Å². The Bertz CT molecular complexity index is 982. The molecule has 1 amide bonds. The van der Waals surface area contributed by atoms with Crippen molar-refractivity contribution in [3.8, 4) is 0 Å². The van der Waals surface area contributed by atoms with Gasteiger partial charge in [-0.15, -0.1) is 0 Å². The molecule has 2 aromatic rings. The molecule has 0 fully saturated rings. The number of carbonyl (C=O) groups excluding carboxylic acids is 1. The summed E-state index contributed by atoms with van der Waals surface area (Å²) in [4.78, 5) is 13.8. The summed E-state index contributed by atoms with van der Waals surface area (Å²) >= 11 is 0. The van der Waals surface area contributed by atoms with Crippen LogP contribution in [-0.2, 0) is 6.18 Å². The van der Waals surface area contributed by atoms with Crippen LogP contribution in [0.4, 0.5) is 23.4 Å². The van der Waals surface area contributed by atoms with Crippen LogP contribution in [0, 0.1) is 5.82 Å². The molecule has 0 aliphatic carbocycles. The summed E-state index contributed by atoms with van der Waals surface area (Å²) in [7, 11) is 0. The first kappa shape index (κ1) is 21.6. The number of aromatic nitrogens is 2. The van der Waals surface area contributed by atoms with Crippen molar-refractivity contribution in [2.24, 2.45) is 11.6 Å². The molecule has 0 saturated heterocycles. The number of alkyl halides is 3. The summed E-state index contributed by atoms with van der Waals surface area (Å²) in [5, 5.41) is 5.68. The zero-order valence-electron chi connectivity index (χ0n) is 16.4. The molecule has 1 aliphatic heterocycles. The zero-order valence-corrected chi connectivity index (χ0v) is 16.4. The third-order valence-corrected chi connectivity index (χ3v) is 4.83. The molecule has 11 heteroatoms. The zero-order chi connectivity index (χ0) is 22.2. The average molecular weight is 426 g/mol. The van der Waals surface area contributed by atoms with Crippen LogP contribution in [0.15, 0.2) is 41.9 Å². The normalized spacial score (nSPS) is 15.1. The predicted octanol–water partition coefficient (Wildman–Crippen LogP) is 3.02. The van der Waals surface area contributed by atoms with Gasteiger partial charge in [-0.25, -0.2) is 10.2 Å². The maximum atomic E-state index is 14.3. The van der Waals surface area contributed by atoms with Crippen LogP contribution in [-0.4, -0.2) is 33.7 Å². The number of anilines is 1. The van der Waals surface area contributed by atoms with Crippen LogP contribution in [0.25, 0.3) is 0 Å². The lowest BCUT2D eigenvalue weighted by molar-refractivity contribution is -0.140. The molecule has 0 saturated carbocycles. The van der Waals surface area contributed by atoms with Crippen LogP contribution >= 0.6 is 0 Å². The molecule has 3 rings (SSSR count). The van der Waals surface area contributed by atoms with Crippen molar-refractivity contribution in [2.45, 2.75) is 32.5 Å². The van der Waals surface area contributed by atoms with Crippen molar-refractivity contribution in [3.05, 3.63) is 58.8 Å². The number of carbonyl (C=O) groups is 1. The molecule has 162 valence electrons. The van der Waals surface area contributed by atoms with Gasteiger partial charge >= 0.3 is 6.18 Å². The van der Waals surface area contributed by atoms with Crippen molar-refractivity contribution in [1.29, 1.82) is 0 Å². The molecular weight excluding hydrogens is 404 g/mol. The van der Waals surface area contributed by atoms with E-state index >= 15 is 0 Å². The number of amides is 1. The SMILES string of the molecule is CC(C)n1ccc(N(N)C2=C(N)CN(C(=O)c3cccc(C(F)(F)F)c3F)CC2)n1. The fourth-order valence-electron chi connectivity index (χ4n) is 3.19. The summed E-state index contributed by atoms with van der Waals surface area (Å²) < 4.78 is 54.8. The largest absolute Gasteiger partial charge is 0.419 e. The highest BCUT2D eigenvalue weighted by molar-refractivity contribution is 5.95. The molecule has 1 aromatic carbocycles. The highest BCUT2D eigenvalue weighted by atomic mass is 19.4. The van der Waals surface area contributed by atoms with Crippen molar-refractivity contribution in [1.82, 2.24) is 14.7 Å². The number of hydrogen-bond donors (Lipinski definition) is 2. The van der Waals surface area contributed by atoms with Gasteiger partial charge in [-0.1, -0.05) is 6.07 Å². The number of nitrogens with zero attached hydrogens (tertiary/aromatic N) is 4. The van der Waals surface area contributed by atoms with E-state index in [1.54, 1.807) is 16.9 Å². The van der Waals surface area contributed by atoms with Gasteiger partial charge in [-0.05, 0) is 26.0 Å². The molecule has 1 aliphatic rings. The third-order valence-electron chi connectivity index (χ3n) is 4.83. The van der Waals surface area contributed by atoms with Crippen molar-refractivity contribution in [3.63, 3.8) is 0 Å². The van der Waals surface area contributed by atoms with Crippen molar-refractivity contribution in [2.75, 3.05) is 18.1 Å². The fourth-order valence-corrected chi connectivity index (χ4v) is 3.19. The van der Waals surface area contributed by atoms with E-state index in [4.69, 9.17) is 11.6 Å². The first-order chi connectivity index (χ1) is 14.0. The second kappa shape index (κ2) is 7.98. The number of hydrazine groups is 1. The second-order valence-electron chi connectivity index (χ2n) is 7.23. The molecule has 7 nitrogen and oxygen atoms in total. The molecule has 0 atom stereocenters. The minimum Gasteiger partial charge on any atom is -0.399 e. The first-order valence-electron chi connectivity index (χ1n) is 9.23. The van der Waals surface area contributed by atoms with Crippen LogP contribution in [0.1, 0.15) is 42.2 Å². The maximum absolute atomic E-state index is 14.3. The Morgan fingerprint density at radius 2 is 1.97 bits per heavy atom. The minimum absolute atomic E-state index is 0.0948. The minimum atomic E-state index is -4.90. The molecule has 2 heterocycles. The fraction of sp³-hybridized carbons (Fsp3) is 0.368. The smallest absolute Gasteiger partial charge is 0.399 e. The molecule has 30 heavy (non-hydrogen) atoms. The second-order valence-corrected chi connectivity index (χ2v) is 7.23. The Kier molecular flexibility index (Phi) is 5.75. The highest BCUT2D eigenvalue weighted by Gasteiger charge is 2.36. The summed E-state index contributed by atoms with van der Waals surface area (Å²) in [5.74, 6) is 4.13. The molecule has 0 bridgehead atoms. The van der Waals surface area contributed by atoms with Crippen LogP contribution < -0.4 is 16.6 Å². The summed E-state index contributed by atoms with van der Waals surface area (Å²) in [6.07, 6.45) is -2.89. The summed E-state index contributed by atoms with van der Waals surface area (Å²) in [6.45, 7) is 3.94. The molecule has 4 N–H and O–H groups in total. The molecule has 0 spiro atoms. The molecular formula is C19H22F4N6O. The first-order valence-corrected chi connectivity index (χ1v) is 9.23. The number of halogens is 4. The number of benzene rings is 1. The van der Waals surface area contributed by atoms with Gasteiger partial charge in [0.25, 0.3) is 5.91 Å². The van der Waals surface area contributed by atoms with Gasteiger partial charge in [-0.3, -0.25) is 14.5 Å². The van der Waals surface area contributed by atoms with Gasteiger partial charge in [0.15, 0.2) is 5.82 Å². The van der Waals surface area contributed by atoms with Crippen LogP contribution in [0.5, 0.6) is 0 Å². The lowest BCUT2D eigenvalue weighted by Crippen LogP contribution is -2.44. The van der Waals surface area contributed by atoms with E-state index in [0.29, 0.717) is 17.6 Å². The number of hydrogen-bond acceptors (Lipinski definition) is 5. The number of rotatable bonds is 4. The average Bonchev–Trinajstić information content (AvgIpc) is 3.16. The lowest BCUT2D eigenvalue weighted by atomic mass is 10.1. The number of nitrogens with two attached hydrogens (primary N) is 2. The molecule has 0 unspecified atom stereocenters. The Hall–Kier alpha value is -3.08. The summed E-state index contributed by atoms with van der Waals surface area (Å²) in [5.41, 5.74) is 4.74. The van der Waals surface area contributed by atoms with E-state index in [1.807, 2.05) is 13.8 Å². The van der Waals surface area contributed by atoms with Gasteiger partial charge < -0.3 is 10.6 Å². The van der Waals surface area contributed by atoms with E-state index in [2.05, 4.69) is 5.10 Å². The lowest BCUT2D eigenvalue weighted by Gasteiger charge is -2.32. The Labute approximate surface area is 170 Å². The highest BCUT2D eigenvalue weighted by Crippen LogP contribution is 2.33. The summed E-state index contributed by atoms with van der Waals surface area (Å²) in [6, 6.07) is 4.48. The van der Waals surface area contributed by atoms with E-state index in [1.165, 1.54) is 9.91 Å². The van der Waals surface area contributed by atoms with E-state index in [9.17, 15) is 22.4 Å². The van der Waals surface area contributed by atoms with Gasteiger partial charge in [0, 0.05) is 37.0 Å². The maximum Gasteiger partial charge on any atom is 0.419 e. The van der Waals surface area contributed by atoms with Gasteiger partial charge in [0.1, 0.15) is 5.82 Å². The Morgan fingerprint density at radius 1 is 1.27 bits per heavy atom. The quantitative estimate of drug-likeness (QED) is 0.445. The monoisotopic (exact) mass is 426 g/mol. The predicted molar refractivity (Wildman–Crippen MR) is 102 cm³/mol.